The van der Waals surface area contributed by atoms with Gasteiger partial charge in [-0.05, 0) is 54.6 Å². The van der Waals surface area contributed by atoms with Crippen molar-refractivity contribution in [3.05, 3.63) is 21.8 Å². The van der Waals surface area contributed by atoms with E-state index in [1.54, 1.807) is 0 Å². The van der Waals surface area contributed by atoms with Crippen molar-refractivity contribution in [3.63, 3.8) is 0 Å². The molecule has 0 aliphatic rings. The molecule has 4 heteroatoms. The van der Waals surface area contributed by atoms with Crippen LogP contribution in [0.15, 0.2) is 18.2 Å². The van der Waals surface area contributed by atoms with Crippen molar-refractivity contribution in [2.24, 2.45) is 0 Å². The van der Waals surface area contributed by atoms with Gasteiger partial charge in [0.15, 0.2) is 0 Å². The van der Waals surface area contributed by atoms with Gasteiger partial charge in [-0.1, -0.05) is 0 Å². The number of nitrogen functional groups attached to an aromatic ring is 1. The maximum Gasteiger partial charge on any atom is 0.0641 e. The van der Waals surface area contributed by atoms with Crippen molar-refractivity contribution in [1.29, 1.82) is 0 Å². The molecule has 0 amide bonds. The molecular weight excluding hydrogens is 315 g/mol. The van der Waals surface area contributed by atoms with Crippen LogP contribution in [-0.2, 0) is 4.74 Å². The Bertz CT molecular complexity index is 331. The van der Waals surface area contributed by atoms with Crippen LogP contribution in [0.25, 0.3) is 0 Å². The first kappa shape index (κ1) is 13.6. The van der Waals surface area contributed by atoms with Crippen molar-refractivity contribution < 1.29 is 4.74 Å². The molecule has 1 aromatic carbocycles. The molecule has 1 aromatic rings. The van der Waals surface area contributed by atoms with E-state index in [4.69, 9.17) is 10.5 Å². The van der Waals surface area contributed by atoms with E-state index in [0.717, 1.165) is 37.7 Å². The summed E-state index contributed by atoms with van der Waals surface area (Å²) in [4.78, 5) is 2.24. The van der Waals surface area contributed by atoms with Crippen LogP contribution < -0.4 is 10.6 Å². The molecule has 0 heterocycles. The van der Waals surface area contributed by atoms with E-state index >= 15 is 0 Å². The SMILES string of the molecule is CCOCCN(CC)c1ccc(I)cc1N. The second-order valence-corrected chi connectivity index (χ2v) is 4.73. The first-order chi connectivity index (χ1) is 7.69. The first-order valence-electron chi connectivity index (χ1n) is 5.56. The number of likely N-dealkylation sites (N-methyl/N-ethyl adjacent to an activating group) is 1. The predicted octanol–water partition coefficient (Wildman–Crippen LogP) is 2.74. The molecule has 0 saturated carbocycles. The van der Waals surface area contributed by atoms with Gasteiger partial charge in [0.05, 0.1) is 18.0 Å². The van der Waals surface area contributed by atoms with Crippen molar-refractivity contribution in [2.75, 3.05) is 36.9 Å². The lowest BCUT2D eigenvalue weighted by Gasteiger charge is -2.24. The van der Waals surface area contributed by atoms with E-state index in [2.05, 4.69) is 46.5 Å². The summed E-state index contributed by atoms with van der Waals surface area (Å²) in [5.41, 5.74) is 7.95. The molecule has 2 N–H and O–H groups in total. The monoisotopic (exact) mass is 334 g/mol. The average molecular weight is 334 g/mol. The molecule has 0 unspecified atom stereocenters. The average Bonchev–Trinajstić information content (AvgIpc) is 2.26. The number of hydrogen-bond donors (Lipinski definition) is 1. The Labute approximate surface area is 111 Å². The van der Waals surface area contributed by atoms with Crippen LogP contribution >= 0.6 is 22.6 Å². The van der Waals surface area contributed by atoms with Gasteiger partial charge in [0.1, 0.15) is 0 Å². The standard InChI is InChI=1S/C12H19IN2O/c1-3-15(7-8-16-4-2)12-6-5-10(13)9-11(12)14/h5-6,9H,3-4,7-8,14H2,1-2H3. The molecule has 0 aliphatic heterocycles. The van der Waals surface area contributed by atoms with E-state index in [9.17, 15) is 0 Å². The third-order valence-electron chi connectivity index (χ3n) is 2.42. The van der Waals surface area contributed by atoms with Crippen LogP contribution in [0, 0.1) is 3.57 Å². The van der Waals surface area contributed by atoms with Crippen LogP contribution in [0.3, 0.4) is 0 Å². The van der Waals surface area contributed by atoms with Gasteiger partial charge in [0.2, 0.25) is 0 Å². The van der Waals surface area contributed by atoms with Crippen molar-refractivity contribution in [2.45, 2.75) is 13.8 Å². The highest BCUT2D eigenvalue weighted by Gasteiger charge is 2.07. The summed E-state index contributed by atoms with van der Waals surface area (Å²) in [5.74, 6) is 0. The fourth-order valence-corrected chi connectivity index (χ4v) is 2.10. The zero-order valence-corrected chi connectivity index (χ0v) is 12.0. The Hall–Kier alpha value is -0.490. The predicted molar refractivity (Wildman–Crippen MR) is 78.0 cm³/mol. The zero-order chi connectivity index (χ0) is 12.0. The Balaban J connectivity index is 2.70. The Morgan fingerprint density at radius 1 is 1.38 bits per heavy atom. The molecule has 0 aromatic heterocycles. The lowest BCUT2D eigenvalue weighted by molar-refractivity contribution is 0.154. The summed E-state index contributed by atoms with van der Waals surface area (Å²) < 4.78 is 6.53. The molecule has 0 fully saturated rings. The van der Waals surface area contributed by atoms with E-state index in [-0.39, 0.29) is 0 Å². The summed E-state index contributed by atoms with van der Waals surface area (Å²) in [6, 6.07) is 6.15. The van der Waals surface area contributed by atoms with Gasteiger partial charge in [-0.3, -0.25) is 0 Å². The van der Waals surface area contributed by atoms with Gasteiger partial charge in [0.25, 0.3) is 0 Å². The number of nitrogens with zero attached hydrogens (tertiary/aromatic N) is 1. The maximum atomic E-state index is 6.01. The van der Waals surface area contributed by atoms with Gasteiger partial charge in [0, 0.05) is 23.3 Å². The normalized spacial score (nSPS) is 10.4. The minimum Gasteiger partial charge on any atom is -0.397 e. The van der Waals surface area contributed by atoms with Crippen LogP contribution in [-0.4, -0.2) is 26.3 Å². The third-order valence-corrected chi connectivity index (χ3v) is 3.09. The minimum atomic E-state index is 0.746. The van der Waals surface area contributed by atoms with Gasteiger partial charge in [-0.25, -0.2) is 0 Å². The maximum absolute atomic E-state index is 6.01. The molecular formula is C12H19IN2O. The van der Waals surface area contributed by atoms with Crippen LogP contribution in [0.4, 0.5) is 11.4 Å². The second-order valence-electron chi connectivity index (χ2n) is 3.48. The number of benzene rings is 1. The van der Waals surface area contributed by atoms with Gasteiger partial charge < -0.3 is 15.4 Å². The summed E-state index contributed by atoms with van der Waals surface area (Å²) in [6.07, 6.45) is 0. The molecule has 0 aliphatic carbocycles. The number of halogens is 1. The number of rotatable bonds is 6. The molecule has 0 radical (unpaired) electrons. The molecule has 0 saturated heterocycles. The van der Waals surface area contributed by atoms with Gasteiger partial charge >= 0.3 is 0 Å². The summed E-state index contributed by atoms with van der Waals surface area (Å²) in [6.45, 7) is 7.47. The lowest BCUT2D eigenvalue weighted by Crippen LogP contribution is -2.27. The van der Waals surface area contributed by atoms with E-state index in [1.165, 1.54) is 3.57 Å². The molecule has 0 bridgehead atoms. The Kier molecular flexibility index (Phi) is 5.90. The number of hydrogen-bond acceptors (Lipinski definition) is 3. The van der Waals surface area contributed by atoms with Gasteiger partial charge in [-0.2, -0.15) is 0 Å². The summed E-state index contributed by atoms with van der Waals surface area (Å²) in [7, 11) is 0. The smallest absolute Gasteiger partial charge is 0.0641 e. The second kappa shape index (κ2) is 6.96. The summed E-state index contributed by atoms with van der Waals surface area (Å²) in [5, 5.41) is 0. The molecule has 3 nitrogen and oxygen atoms in total. The third kappa shape index (κ3) is 3.83. The van der Waals surface area contributed by atoms with Crippen molar-refractivity contribution >= 4 is 34.0 Å². The van der Waals surface area contributed by atoms with E-state index in [1.807, 2.05) is 13.0 Å². The quantitative estimate of drug-likeness (QED) is 0.494. The number of anilines is 2. The topological polar surface area (TPSA) is 38.5 Å². The number of ether oxygens (including phenoxy) is 1. The van der Waals surface area contributed by atoms with E-state index in [0.29, 0.717) is 0 Å². The van der Waals surface area contributed by atoms with Crippen LogP contribution in [0.5, 0.6) is 0 Å². The molecule has 90 valence electrons. The van der Waals surface area contributed by atoms with Crippen LogP contribution in [0.1, 0.15) is 13.8 Å². The molecule has 0 spiro atoms. The van der Waals surface area contributed by atoms with E-state index < -0.39 is 0 Å². The van der Waals surface area contributed by atoms with Crippen LogP contribution in [0.2, 0.25) is 0 Å². The zero-order valence-electron chi connectivity index (χ0n) is 9.87. The molecule has 16 heavy (non-hydrogen) atoms. The Morgan fingerprint density at radius 2 is 2.12 bits per heavy atom. The molecule has 1 rings (SSSR count). The summed E-state index contributed by atoms with van der Waals surface area (Å²) >= 11 is 2.27. The van der Waals surface area contributed by atoms with Crippen molar-refractivity contribution in [3.8, 4) is 0 Å². The highest BCUT2D eigenvalue weighted by atomic mass is 127. The fraction of sp³-hybridized carbons (Fsp3) is 0.500. The first-order valence-corrected chi connectivity index (χ1v) is 6.64. The molecule has 0 atom stereocenters. The minimum absolute atomic E-state index is 0.746. The highest BCUT2D eigenvalue weighted by molar-refractivity contribution is 14.1. The fourth-order valence-electron chi connectivity index (χ4n) is 1.58. The van der Waals surface area contributed by atoms with Crippen molar-refractivity contribution in [1.82, 2.24) is 0 Å². The number of nitrogens with two attached hydrogens (primary N) is 1. The largest absolute Gasteiger partial charge is 0.397 e. The lowest BCUT2D eigenvalue weighted by atomic mass is 10.2. The van der Waals surface area contributed by atoms with Gasteiger partial charge in [-0.15, -0.1) is 0 Å². The Morgan fingerprint density at radius 3 is 2.69 bits per heavy atom. The highest BCUT2D eigenvalue weighted by Crippen LogP contribution is 2.24.